The van der Waals surface area contributed by atoms with Gasteiger partial charge in [0.05, 0.1) is 17.3 Å². The number of halogens is 3. The number of rotatable bonds is 9. The molecule has 0 spiro atoms. The molecule has 0 amide bonds. The molecule has 0 aliphatic carbocycles. The van der Waals surface area contributed by atoms with Crippen LogP contribution in [-0.4, -0.2) is 55.9 Å². The van der Waals surface area contributed by atoms with Crippen molar-refractivity contribution < 1.29 is 9.84 Å². The Morgan fingerprint density at radius 1 is 1.34 bits per heavy atom. The molecule has 162 valence electrons. The van der Waals surface area contributed by atoms with Crippen molar-refractivity contribution in [3.05, 3.63) is 39.3 Å². The minimum absolute atomic E-state index is 0. The van der Waals surface area contributed by atoms with Crippen molar-refractivity contribution in [2.24, 2.45) is 4.99 Å². The lowest BCUT2D eigenvalue weighted by molar-refractivity contribution is 0.110. The van der Waals surface area contributed by atoms with Crippen molar-refractivity contribution in [2.75, 3.05) is 38.7 Å². The molecule has 11 heteroatoms. The summed E-state index contributed by atoms with van der Waals surface area (Å²) >= 11 is 13.6. The van der Waals surface area contributed by atoms with Gasteiger partial charge in [-0.05, 0) is 19.1 Å². The Balaban J connectivity index is 0.00000420. The lowest BCUT2D eigenvalue weighted by Gasteiger charge is -2.16. The summed E-state index contributed by atoms with van der Waals surface area (Å²) in [5.74, 6) is 1.04. The van der Waals surface area contributed by atoms with Gasteiger partial charge in [-0.1, -0.05) is 29.3 Å². The predicted molar refractivity (Wildman–Crippen MR) is 133 cm³/mol. The van der Waals surface area contributed by atoms with Gasteiger partial charge in [0.15, 0.2) is 11.1 Å². The van der Waals surface area contributed by atoms with E-state index in [9.17, 15) is 5.11 Å². The summed E-state index contributed by atoms with van der Waals surface area (Å²) in [6.45, 7) is 3.47. The van der Waals surface area contributed by atoms with Crippen molar-refractivity contribution in [3.63, 3.8) is 0 Å². The highest BCUT2D eigenvalue weighted by molar-refractivity contribution is 14.0. The first-order valence-electron chi connectivity index (χ1n) is 8.79. The van der Waals surface area contributed by atoms with Gasteiger partial charge < -0.3 is 25.4 Å². The van der Waals surface area contributed by atoms with E-state index >= 15 is 0 Å². The summed E-state index contributed by atoms with van der Waals surface area (Å²) in [6, 6.07) is 5.12. The molecule has 0 bridgehead atoms. The van der Waals surface area contributed by atoms with E-state index in [2.05, 4.69) is 20.6 Å². The fraction of sp³-hybridized carbons (Fsp3) is 0.444. The van der Waals surface area contributed by atoms with Crippen LogP contribution in [0.25, 0.3) is 0 Å². The molecular formula is C18H26Cl2IN5O2S. The van der Waals surface area contributed by atoms with E-state index in [-0.39, 0.29) is 37.1 Å². The molecule has 2 aromatic rings. The average Bonchev–Trinajstić information content (AvgIpc) is 3.14. The second-order valence-corrected chi connectivity index (χ2v) is 7.73. The smallest absolute Gasteiger partial charge is 0.191 e. The van der Waals surface area contributed by atoms with Gasteiger partial charge in [0.2, 0.25) is 0 Å². The molecule has 29 heavy (non-hydrogen) atoms. The van der Waals surface area contributed by atoms with Crippen LogP contribution >= 0.6 is 58.5 Å². The Kier molecular flexibility index (Phi) is 12.0. The van der Waals surface area contributed by atoms with E-state index in [1.165, 1.54) is 0 Å². The average molecular weight is 574 g/mol. The molecule has 1 aromatic carbocycles. The fourth-order valence-corrected chi connectivity index (χ4v) is 3.23. The third-order valence-corrected chi connectivity index (χ3v) is 5.38. The zero-order valence-electron chi connectivity index (χ0n) is 16.5. The largest absolute Gasteiger partial charge is 0.489 e. The van der Waals surface area contributed by atoms with E-state index in [0.29, 0.717) is 34.8 Å². The number of hydrogen-bond acceptors (Lipinski definition) is 6. The highest BCUT2D eigenvalue weighted by Crippen LogP contribution is 2.31. The predicted octanol–water partition coefficient (Wildman–Crippen LogP) is 3.63. The van der Waals surface area contributed by atoms with Crippen LogP contribution in [0.1, 0.15) is 12.6 Å². The van der Waals surface area contributed by atoms with Crippen LogP contribution in [0.5, 0.6) is 5.75 Å². The van der Waals surface area contributed by atoms with E-state index in [4.69, 9.17) is 27.9 Å². The third-order valence-electron chi connectivity index (χ3n) is 3.52. The Labute approximate surface area is 202 Å². The molecule has 1 heterocycles. The quantitative estimate of drug-likeness (QED) is 0.241. The van der Waals surface area contributed by atoms with Gasteiger partial charge in [-0.25, -0.2) is 9.98 Å². The van der Waals surface area contributed by atoms with E-state index < -0.39 is 6.10 Å². The minimum atomic E-state index is -0.751. The first kappa shape index (κ1) is 26.0. The molecule has 0 saturated carbocycles. The zero-order chi connectivity index (χ0) is 20.5. The number of nitrogens with one attached hydrogen (secondary N) is 2. The molecule has 3 N–H and O–H groups in total. The minimum Gasteiger partial charge on any atom is -0.489 e. The van der Waals surface area contributed by atoms with Gasteiger partial charge in [-0.15, -0.1) is 35.3 Å². The van der Waals surface area contributed by atoms with Crippen LogP contribution in [-0.2, 0) is 6.54 Å². The number of anilines is 1. The highest BCUT2D eigenvalue weighted by atomic mass is 127. The van der Waals surface area contributed by atoms with Crippen LogP contribution in [0.3, 0.4) is 0 Å². The maximum atomic E-state index is 10.2. The second kappa shape index (κ2) is 13.3. The Bertz CT molecular complexity index is 791. The molecule has 1 unspecified atom stereocenters. The molecule has 0 fully saturated rings. The monoisotopic (exact) mass is 573 g/mol. The summed E-state index contributed by atoms with van der Waals surface area (Å²) in [6.07, 6.45) is -0.751. The van der Waals surface area contributed by atoms with Crippen molar-refractivity contribution in [3.8, 4) is 5.75 Å². The number of ether oxygens (including phenoxy) is 1. The number of hydrogen-bond donors (Lipinski definition) is 3. The number of aromatic nitrogens is 1. The molecule has 1 aromatic heterocycles. The maximum Gasteiger partial charge on any atom is 0.191 e. The van der Waals surface area contributed by atoms with Crippen LogP contribution in [0.15, 0.2) is 28.6 Å². The molecule has 1 atom stereocenters. The van der Waals surface area contributed by atoms with Crippen LogP contribution < -0.4 is 20.3 Å². The van der Waals surface area contributed by atoms with Crippen molar-refractivity contribution in [1.29, 1.82) is 0 Å². The van der Waals surface area contributed by atoms with Crippen LogP contribution in [0.2, 0.25) is 10.0 Å². The summed E-state index contributed by atoms with van der Waals surface area (Å²) in [4.78, 5) is 11.0. The molecule has 0 radical (unpaired) electrons. The normalized spacial score (nSPS) is 12.1. The number of thiazole rings is 1. The van der Waals surface area contributed by atoms with Gasteiger partial charge in [0.1, 0.15) is 23.5 Å². The van der Waals surface area contributed by atoms with E-state index in [1.54, 1.807) is 29.5 Å². The van der Waals surface area contributed by atoms with E-state index in [1.807, 2.05) is 31.3 Å². The molecular weight excluding hydrogens is 548 g/mol. The Morgan fingerprint density at radius 2 is 2.10 bits per heavy atom. The summed E-state index contributed by atoms with van der Waals surface area (Å²) < 4.78 is 5.55. The van der Waals surface area contributed by atoms with Gasteiger partial charge in [0.25, 0.3) is 0 Å². The van der Waals surface area contributed by atoms with Crippen molar-refractivity contribution in [1.82, 2.24) is 15.6 Å². The van der Waals surface area contributed by atoms with Crippen molar-refractivity contribution >= 4 is 69.6 Å². The number of nitrogens with zero attached hydrogens (tertiary/aromatic N) is 3. The van der Waals surface area contributed by atoms with Crippen LogP contribution in [0, 0.1) is 0 Å². The third kappa shape index (κ3) is 8.71. The molecule has 2 rings (SSSR count). The summed E-state index contributed by atoms with van der Waals surface area (Å²) in [5.41, 5.74) is 0.894. The standard InChI is InChI=1S/C18H25Cl2N5O2S.HI/c1-4-21-17(22-8-12-11-28-18(24-12)25(2)3)23-9-13(26)10-27-15-7-5-6-14(19)16(15)20;/h5-7,11,13,26H,4,8-10H2,1-3H3,(H2,21,22,23);1H. The van der Waals surface area contributed by atoms with E-state index in [0.717, 1.165) is 10.8 Å². The number of guanidine groups is 1. The molecule has 0 aliphatic rings. The lowest BCUT2D eigenvalue weighted by atomic mass is 10.3. The van der Waals surface area contributed by atoms with Gasteiger partial charge in [-0.2, -0.15) is 0 Å². The lowest BCUT2D eigenvalue weighted by Crippen LogP contribution is -2.42. The maximum absolute atomic E-state index is 10.2. The molecule has 7 nitrogen and oxygen atoms in total. The SMILES string of the molecule is CCNC(=NCc1csc(N(C)C)n1)NCC(O)COc1cccc(Cl)c1Cl.I. The molecule has 0 saturated heterocycles. The summed E-state index contributed by atoms with van der Waals surface area (Å²) in [5, 5.41) is 20.1. The van der Waals surface area contributed by atoms with Crippen LogP contribution in [0.4, 0.5) is 5.13 Å². The number of aliphatic imine (C=N–C) groups is 1. The first-order valence-corrected chi connectivity index (χ1v) is 10.4. The second-order valence-electron chi connectivity index (χ2n) is 6.11. The van der Waals surface area contributed by atoms with Crippen molar-refractivity contribution in [2.45, 2.75) is 19.6 Å². The van der Waals surface area contributed by atoms with Gasteiger partial charge in [0, 0.05) is 32.6 Å². The Morgan fingerprint density at radius 3 is 2.76 bits per heavy atom. The summed E-state index contributed by atoms with van der Waals surface area (Å²) in [7, 11) is 3.91. The molecule has 0 aliphatic heterocycles. The Hall–Kier alpha value is -1.01. The topological polar surface area (TPSA) is 82.0 Å². The number of aliphatic hydroxyl groups excluding tert-OH is 1. The van der Waals surface area contributed by atoms with Gasteiger partial charge in [-0.3, -0.25) is 0 Å². The van der Waals surface area contributed by atoms with Gasteiger partial charge >= 0.3 is 0 Å². The first-order chi connectivity index (χ1) is 13.4. The highest BCUT2D eigenvalue weighted by Gasteiger charge is 2.10. The fourth-order valence-electron chi connectivity index (χ4n) is 2.13. The zero-order valence-corrected chi connectivity index (χ0v) is 21.1. The number of benzene rings is 1. The number of aliphatic hydroxyl groups is 1.